The normalized spacial score (nSPS) is 14.3. The van der Waals surface area contributed by atoms with E-state index in [2.05, 4.69) is 15.9 Å². The van der Waals surface area contributed by atoms with Crippen molar-refractivity contribution < 1.29 is 14.3 Å². The van der Waals surface area contributed by atoms with E-state index in [-0.39, 0.29) is 5.78 Å². The number of hydrogen-bond donors (Lipinski definition) is 0. The second-order valence-corrected chi connectivity index (χ2v) is 5.07. The Morgan fingerprint density at radius 1 is 1.41 bits per heavy atom. The van der Waals surface area contributed by atoms with Crippen LogP contribution in [-0.4, -0.2) is 19.0 Å². The molecule has 1 aliphatic rings. The molecule has 92 valence electrons. The van der Waals surface area contributed by atoms with Gasteiger partial charge in [-0.25, -0.2) is 0 Å². The highest BCUT2D eigenvalue weighted by molar-refractivity contribution is 9.10. The Morgan fingerprint density at radius 2 is 2.12 bits per heavy atom. The van der Waals surface area contributed by atoms with E-state index in [1.165, 1.54) is 0 Å². The third kappa shape index (κ3) is 2.63. The number of ether oxygens (including phenoxy) is 2. The maximum atomic E-state index is 11.3. The van der Waals surface area contributed by atoms with Gasteiger partial charge in [0.2, 0.25) is 0 Å². The van der Waals surface area contributed by atoms with Crippen molar-refractivity contribution in [3.63, 3.8) is 0 Å². The summed E-state index contributed by atoms with van der Waals surface area (Å²) < 4.78 is 12.2. The topological polar surface area (TPSA) is 35.5 Å². The molecule has 0 saturated carbocycles. The number of carbonyl (C=O) groups is 1. The molecule has 0 atom stereocenters. The van der Waals surface area contributed by atoms with Crippen LogP contribution >= 0.6 is 15.9 Å². The Labute approximate surface area is 109 Å². The molecular weight excluding hydrogens is 284 g/mol. The standard InChI is InChI=1S/C13H15BrO3/c1-8(15)6-10-9(2)13-12(7-11(10)14)16-4-3-5-17-13/h7H,3-6H2,1-2H3. The fourth-order valence-corrected chi connectivity index (χ4v) is 2.58. The fraction of sp³-hybridized carbons (Fsp3) is 0.462. The minimum absolute atomic E-state index is 0.142. The van der Waals surface area contributed by atoms with E-state index in [4.69, 9.17) is 9.47 Å². The first-order valence-electron chi connectivity index (χ1n) is 5.66. The zero-order valence-electron chi connectivity index (χ0n) is 10.0. The quantitative estimate of drug-likeness (QED) is 0.842. The van der Waals surface area contributed by atoms with E-state index in [0.717, 1.165) is 33.5 Å². The molecule has 17 heavy (non-hydrogen) atoms. The Balaban J connectivity index is 2.48. The van der Waals surface area contributed by atoms with Crippen molar-refractivity contribution in [1.29, 1.82) is 0 Å². The van der Waals surface area contributed by atoms with Gasteiger partial charge in [-0.3, -0.25) is 4.79 Å². The van der Waals surface area contributed by atoms with Gasteiger partial charge in [-0.1, -0.05) is 15.9 Å². The van der Waals surface area contributed by atoms with Gasteiger partial charge in [-0.2, -0.15) is 0 Å². The third-order valence-corrected chi connectivity index (χ3v) is 3.49. The second-order valence-electron chi connectivity index (χ2n) is 4.22. The lowest BCUT2D eigenvalue weighted by Gasteiger charge is -2.15. The molecular formula is C13H15BrO3. The second kappa shape index (κ2) is 5.08. The van der Waals surface area contributed by atoms with Crippen LogP contribution in [0.25, 0.3) is 0 Å². The monoisotopic (exact) mass is 298 g/mol. The summed E-state index contributed by atoms with van der Waals surface area (Å²) in [5.41, 5.74) is 1.98. The van der Waals surface area contributed by atoms with Gasteiger partial charge >= 0.3 is 0 Å². The van der Waals surface area contributed by atoms with Crippen molar-refractivity contribution in [1.82, 2.24) is 0 Å². The summed E-state index contributed by atoms with van der Waals surface area (Å²) in [5.74, 6) is 1.68. The van der Waals surface area contributed by atoms with Gasteiger partial charge in [-0.15, -0.1) is 0 Å². The number of Topliss-reactive ketones (excluding diaryl/α,β-unsaturated/α-hetero) is 1. The van der Waals surface area contributed by atoms with Crippen LogP contribution in [0.5, 0.6) is 11.5 Å². The number of benzene rings is 1. The molecule has 1 aromatic rings. The molecule has 1 aliphatic heterocycles. The van der Waals surface area contributed by atoms with Crippen LogP contribution in [0.2, 0.25) is 0 Å². The number of carbonyl (C=O) groups excluding carboxylic acids is 1. The molecule has 2 rings (SSSR count). The van der Waals surface area contributed by atoms with Gasteiger partial charge in [-0.05, 0) is 31.0 Å². The average Bonchev–Trinajstić information content (AvgIpc) is 2.49. The van der Waals surface area contributed by atoms with Crippen molar-refractivity contribution in [2.75, 3.05) is 13.2 Å². The Bertz CT molecular complexity index is 454. The molecule has 1 aromatic carbocycles. The van der Waals surface area contributed by atoms with E-state index in [0.29, 0.717) is 19.6 Å². The van der Waals surface area contributed by atoms with E-state index in [9.17, 15) is 4.79 Å². The highest BCUT2D eigenvalue weighted by Crippen LogP contribution is 2.39. The lowest BCUT2D eigenvalue weighted by atomic mass is 10.0. The zero-order valence-corrected chi connectivity index (χ0v) is 11.6. The maximum Gasteiger partial charge on any atom is 0.164 e. The molecule has 0 unspecified atom stereocenters. The van der Waals surface area contributed by atoms with Crippen LogP contribution < -0.4 is 9.47 Å². The summed E-state index contributed by atoms with van der Waals surface area (Å²) in [6.45, 7) is 4.89. The predicted molar refractivity (Wildman–Crippen MR) is 68.9 cm³/mol. The van der Waals surface area contributed by atoms with E-state index < -0.39 is 0 Å². The summed E-state index contributed by atoms with van der Waals surface area (Å²) in [6.07, 6.45) is 1.30. The van der Waals surface area contributed by atoms with Gasteiger partial charge in [0.25, 0.3) is 0 Å². The lowest BCUT2D eigenvalue weighted by molar-refractivity contribution is -0.116. The third-order valence-electron chi connectivity index (χ3n) is 2.78. The van der Waals surface area contributed by atoms with E-state index >= 15 is 0 Å². The van der Waals surface area contributed by atoms with Gasteiger partial charge in [0.15, 0.2) is 11.5 Å². The Morgan fingerprint density at radius 3 is 2.82 bits per heavy atom. The summed E-state index contributed by atoms with van der Waals surface area (Å²) in [5, 5.41) is 0. The van der Waals surface area contributed by atoms with Crippen molar-refractivity contribution in [2.24, 2.45) is 0 Å². The molecule has 0 fully saturated rings. The number of ketones is 1. The molecule has 0 N–H and O–H groups in total. The number of fused-ring (bicyclic) bond motifs is 1. The molecule has 1 heterocycles. The van der Waals surface area contributed by atoms with Gasteiger partial charge < -0.3 is 9.47 Å². The molecule has 4 heteroatoms. The van der Waals surface area contributed by atoms with Crippen molar-refractivity contribution in [2.45, 2.75) is 26.7 Å². The van der Waals surface area contributed by atoms with E-state index in [1.54, 1.807) is 6.92 Å². The molecule has 0 spiro atoms. The Kier molecular flexibility index (Phi) is 3.72. The molecule has 0 amide bonds. The number of hydrogen-bond acceptors (Lipinski definition) is 3. The molecule has 0 aliphatic carbocycles. The van der Waals surface area contributed by atoms with E-state index in [1.807, 2.05) is 13.0 Å². The predicted octanol–water partition coefficient (Wildman–Crippen LogP) is 3.05. The van der Waals surface area contributed by atoms with Crippen LogP contribution in [0.1, 0.15) is 24.5 Å². The van der Waals surface area contributed by atoms with Crippen LogP contribution in [0.4, 0.5) is 0 Å². The summed E-state index contributed by atoms with van der Waals surface area (Å²) in [4.78, 5) is 11.3. The first-order chi connectivity index (χ1) is 8.09. The van der Waals surface area contributed by atoms with Crippen molar-refractivity contribution in [3.8, 4) is 11.5 Å². The summed E-state index contributed by atoms with van der Waals surface area (Å²) in [6, 6.07) is 1.89. The molecule has 0 aromatic heterocycles. The minimum atomic E-state index is 0.142. The van der Waals surface area contributed by atoms with Gasteiger partial charge in [0.1, 0.15) is 5.78 Å². The minimum Gasteiger partial charge on any atom is -0.490 e. The lowest BCUT2D eigenvalue weighted by Crippen LogP contribution is -2.03. The maximum absolute atomic E-state index is 11.3. The van der Waals surface area contributed by atoms with Crippen LogP contribution in [0.15, 0.2) is 10.5 Å². The molecule has 0 bridgehead atoms. The van der Waals surface area contributed by atoms with Crippen LogP contribution in [0.3, 0.4) is 0 Å². The Hall–Kier alpha value is -1.03. The van der Waals surface area contributed by atoms with Crippen LogP contribution in [-0.2, 0) is 11.2 Å². The highest BCUT2D eigenvalue weighted by atomic mass is 79.9. The highest BCUT2D eigenvalue weighted by Gasteiger charge is 2.19. The smallest absolute Gasteiger partial charge is 0.164 e. The van der Waals surface area contributed by atoms with Gasteiger partial charge in [0, 0.05) is 17.3 Å². The zero-order chi connectivity index (χ0) is 12.4. The van der Waals surface area contributed by atoms with Crippen LogP contribution in [0, 0.1) is 6.92 Å². The van der Waals surface area contributed by atoms with Crippen molar-refractivity contribution in [3.05, 3.63) is 21.7 Å². The molecule has 0 radical (unpaired) electrons. The molecule has 3 nitrogen and oxygen atoms in total. The number of rotatable bonds is 2. The fourth-order valence-electron chi connectivity index (χ4n) is 1.94. The average molecular weight is 299 g/mol. The summed E-state index contributed by atoms with van der Waals surface area (Å²) in [7, 11) is 0. The first kappa shape index (κ1) is 12.4. The SMILES string of the molecule is CC(=O)Cc1c(Br)cc2c(c1C)OCCCO2. The van der Waals surface area contributed by atoms with Crippen molar-refractivity contribution >= 4 is 21.7 Å². The summed E-state index contributed by atoms with van der Waals surface area (Å²) >= 11 is 3.49. The largest absolute Gasteiger partial charge is 0.490 e. The number of halogens is 1. The first-order valence-corrected chi connectivity index (χ1v) is 6.46. The van der Waals surface area contributed by atoms with Gasteiger partial charge in [0.05, 0.1) is 13.2 Å². The molecule has 0 saturated heterocycles.